The molecule has 0 heterocycles. The first-order valence-corrected chi connectivity index (χ1v) is 11.1. The van der Waals surface area contributed by atoms with Gasteiger partial charge in [-0.3, -0.25) is 9.10 Å². The van der Waals surface area contributed by atoms with Crippen molar-refractivity contribution in [3.8, 4) is 5.75 Å². The Morgan fingerprint density at radius 2 is 1.79 bits per heavy atom. The Morgan fingerprint density at radius 1 is 1.18 bits per heavy atom. The number of amides is 1. The standard InChI is InChI=1S/C19H22Cl2N2O4S/c1-13-6-4-5-7-18(13)27-12-14(2)22-19(24)11-23(28(3,25)26)17-9-15(20)8-16(21)10-17/h4-10,14H,11-12H2,1-3H3,(H,22,24)/t14-/m0/s1. The van der Waals surface area contributed by atoms with E-state index in [4.69, 9.17) is 27.9 Å². The van der Waals surface area contributed by atoms with Gasteiger partial charge in [-0.05, 0) is 43.7 Å². The average molecular weight is 445 g/mol. The molecule has 0 unspecified atom stereocenters. The zero-order valence-corrected chi connectivity index (χ0v) is 18.1. The lowest BCUT2D eigenvalue weighted by molar-refractivity contribution is -0.120. The Bertz CT molecular complexity index is 930. The summed E-state index contributed by atoms with van der Waals surface area (Å²) in [6, 6.07) is 11.6. The summed E-state index contributed by atoms with van der Waals surface area (Å²) in [5, 5.41) is 3.28. The summed E-state index contributed by atoms with van der Waals surface area (Å²) in [6.45, 7) is 3.55. The zero-order chi connectivity index (χ0) is 20.9. The summed E-state index contributed by atoms with van der Waals surface area (Å²) >= 11 is 11.9. The van der Waals surface area contributed by atoms with Gasteiger partial charge in [-0.1, -0.05) is 41.4 Å². The van der Waals surface area contributed by atoms with Crippen molar-refractivity contribution in [3.05, 3.63) is 58.1 Å². The van der Waals surface area contributed by atoms with Gasteiger partial charge in [0.1, 0.15) is 18.9 Å². The molecule has 0 fully saturated rings. The molecule has 0 bridgehead atoms. The lowest BCUT2D eigenvalue weighted by atomic mass is 10.2. The predicted octanol–water partition coefficient (Wildman–Crippen LogP) is 3.65. The minimum atomic E-state index is -3.72. The number of carbonyl (C=O) groups is 1. The van der Waals surface area contributed by atoms with Crippen molar-refractivity contribution in [1.29, 1.82) is 0 Å². The number of rotatable bonds is 8. The summed E-state index contributed by atoms with van der Waals surface area (Å²) in [7, 11) is -3.72. The number of benzene rings is 2. The van der Waals surface area contributed by atoms with E-state index in [2.05, 4.69) is 5.32 Å². The monoisotopic (exact) mass is 444 g/mol. The highest BCUT2D eigenvalue weighted by Gasteiger charge is 2.22. The SMILES string of the molecule is Cc1ccccc1OC[C@H](C)NC(=O)CN(c1cc(Cl)cc(Cl)c1)S(C)(=O)=O. The Hall–Kier alpha value is -1.96. The molecule has 0 aliphatic rings. The third kappa shape index (κ3) is 6.58. The maximum absolute atomic E-state index is 12.4. The molecule has 0 saturated carbocycles. The van der Waals surface area contributed by atoms with Gasteiger partial charge in [0.25, 0.3) is 0 Å². The van der Waals surface area contributed by atoms with E-state index in [9.17, 15) is 13.2 Å². The molecular formula is C19H22Cl2N2O4S. The second-order valence-corrected chi connectivity index (χ2v) is 9.22. The normalized spacial score (nSPS) is 12.3. The Labute approximate surface area is 175 Å². The molecule has 2 aromatic rings. The van der Waals surface area contributed by atoms with Crippen LogP contribution in [-0.2, 0) is 14.8 Å². The summed E-state index contributed by atoms with van der Waals surface area (Å²) < 4.78 is 31.0. The van der Waals surface area contributed by atoms with Crippen molar-refractivity contribution in [2.24, 2.45) is 0 Å². The number of carbonyl (C=O) groups excluding carboxylic acids is 1. The molecule has 28 heavy (non-hydrogen) atoms. The van der Waals surface area contributed by atoms with Gasteiger partial charge < -0.3 is 10.1 Å². The third-order valence-corrected chi connectivity index (χ3v) is 5.39. The first-order chi connectivity index (χ1) is 13.1. The first kappa shape index (κ1) is 22.3. The van der Waals surface area contributed by atoms with E-state index in [0.717, 1.165) is 21.9 Å². The fourth-order valence-corrected chi connectivity index (χ4v) is 3.86. The van der Waals surface area contributed by atoms with E-state index < -0.39 is 22.5 Å². The Morgan fingerprint density at radius 3 is 2.36 bits per heavy atom. The van der Waals surface area contributed by atoms with Crippen LogP contribution in [0.15, 0.2) is 42.5 Å². The van der Waals surface area contributed by atoms with Gasteiger partial charge in [0.05, 0.1) is 18.0 Å². The molecule has 9 heteroatoms. The maximum Gasteiger partial charge on any atom is 0.241 e. The molecule has 1 amide bonds. The van der Waals surface area contributed by atoms with Crippen molar-refractivity contribution < 1.29 is 17.9 Å². The number of ether oxygens (including phenoxy) is 1. The molecule has 152 valence electrons. The number of anilines is 1. The van der Waals surface area contributed by atoms with E-state index in [1.54, 1.807) is 6.92 Å². The molecule has 0 aromatic heterocycles. The van der Waals surface area contributed by atoms with Gasteiger partial charge >= 0.3 is 0 Å². The van der Waals surface area contributed by atoms with E-state index in [-0.39, 0.29) is 28.4 Å². The number of para-hydroxylation sites is 1. The number of nitrogens with zero attached hydrogens (tertiary/aromatic N) is 1. The predicted molar refractivity (Wildman–Crippen MR) is 113 cm³/mol. The molecule has 2 aromatic carbocycles. The minimum absolute atomic E-state index is 0.221. The summed E-state index contributed by atoms with van der Waals surface area (Å²) in [5.41, 5.74) is 1.21. The minimum Gasteiger partial charge on any atom is -0.491 e. The average Bonchev–Trinajstić information content (AvgIpc) is 2.57. The lowest BCUT2D eigenvalue weighted by Gasteiger charge is -2.23. The van der Waals surface area contributed by atoms with Crippen LogP contribution in [0.4, 0.5) is 5.69 Å². The number of aryl methyl sites for hydroxylation is 1. The van der Waals surface area contributed by atoms with Gasteiger partial charge in [0, 0.05) is 10.0 Å². The Balaban J connectivity index is 2.02. The van der Waals surface area contributed by atoms with Gasteiger partial charge in [0.2, 0.25) is 15.9 Å². The molecule has 0 spiro atoms. The van der Waals surface area contributed by atoms with Gasteiger partial charge in [0.15, 0.2) is 0 Å². The highest BCUT2D eigenvalue weighted by Crippen LogP contribution is 2.26. The highest BCUT2D eigenvalue weighted by atomic mass is 35.5. The van der Waals surface area contributed by atoms with Crippen molar-refractivity contribution >= 4 is 44.8 Å². The molecule has 6 nitrogen and oxygen atoms in total. The van der Waals surface area contributed by atoms with Crippen molar-refractivity contribution in [3.63, 3.8) is 0 Å². The third-order valence-electron chi connectivity index (χ3n) is 3.81. The van der Waals surface area contributed by atoms with Crippen LogP contribution in [0.5, 0.6) is 5.75 Å². The van der Waals surface area contributed by atoms with E-state index >= 15 is 0 Å². The van der Waals surface area contributed by atoms with Gasteiger partial charge in [-0.2, -0.15) is 0 Å². The van der Waals surface area contributed by atoms with Crippen molar-refractivity contribution in [1.82, 2.24) is 5.32 Å². The van der Waals surface area contributed by atoms with Crippen LogP contribution in [0.3, 0.4) is 0 Å². The summed E-state index contributed by atoms with van der Waals surface area (Å²) in [6.07, 6.45) is 1.01. The van der Waals surface area contributed by atoms with E-state index in [1.807, 2.05) is 31.2 Å². The van der Waals surface area contributed by atoms with E-state index in [0.29, 0.717) is 0 Å². The lowest BCUT2D eigenvalue weighted by Crippen LogP contribution is -2.44. The van der Waals surface area contributed by atoms with Crippen LogP contribution in [0.25, 0.3) is 0 Å². The van der Waals surface area contributed by atoms with Crippen molar-refractivity contribution in [2.45, 2.75) is 19.9 Å². The number of halogens is 2. The fourth-order valence-electron chi connectivity index (χ4n) is 2.51. The number of hydrogen-bond donors (Lipinski definition) is 1. The molecule has 0 radical (unpaired) electrons. The van der Waals surface area contributed by atoms with E-state index in [1.165, 1.54) is 18.2 Å². The van der Waals surface area contributed by atoms with Gasteiger partial charge in [-0.15, -0.1) is 0 Å². The molecule has 2 rings (SSSR count). The Kier molecular flexibility index (Phi) is 7.57. The van der Waals surface area contributed by atoms with Crippen LogP contribution >= 0.6 is 23.2 Å². The summed E-state index contributed by atoms with van der Waals surface area (Å²) in [5.74, 6) is 0.261. The van der Waals surface area contributed by atoms with Crippen LogP contribution in [0.2, 0.25) is 10.0 Å². The maximum atomic E-state index is 12.4. The van der Waals surface area contributed by atoms with Crippen LogP contribution < -0.4 is 14.4 Å². The smallest absolute Gasteiger partial charge is 0.241 e. The molecule has 1 N–H and O–H groups in total. The molecule has 0 aliphatic carbocycles. The molecule has 0 aliphatic heterocycles. The highest BCUT2D eigenvalue weighted by molar-refractivity contribution is 7.92. The molecular weight excluding hydrogens is 423 g/mol. The van der Waals surface area contributed by atoms with Crippen molar-refractivity contribution in [2.75, 3.05) is 23.7 Å². The van der Waals surface area contributed by atoms with Gasteiger partial charge in [-0.25, -0.2) is 8.42 Å². The van der Waals surface area contributed by atoms with Crippen LogP contribution in [0, 0.1) is 6.92 Å². The second-order valence-electron chi connectivity index (χ2n) is 6.44. The second kappa shape index (κ2) is 9.49. The number of nitrogens with one attached hydrogen (secondary N) is 1. The topological polar surface area (TPSA) is 75.7 Å². The summed E-state index contributed by atoms with van der Waals surface area (Å²) in [4.78, 5) is 12.4. The zero-order valence-electron chi connectivity index (χ0n) is 15.8. The van der Waals surface area contributed by atoms with Crippen LogP contribution in [0.1, 0.15) is 12.5 Å². The van der Waals surface area contributed by atoms with Crippen LogP contribution in [-0.4, -0.2) is 39.8 Å². The quantitative estimate of drug-likeness (QED) is 0.673. The molecule has 0 saturated heterocycles. The number of hydrogen-bond acceptors (Lipinski definition) is 4. The fraction of sp³-hybridized carbons (Fsp3) is 0.316. The first-order valence-electron chi connectivity index (χ1n) is 8.48. The number of sulfonamides is 1. The molecule has 1 atom stereocenters. The largest absolute Gasteiger partial charge is 0.491 e.